The molecule has 3 aromatic rings. The number of carbonyl (C=O) groups excluding carboxylic acids is 1. The van der Waals surface area contributed by atoms with E-state index in [1.807, 2.05) is 42.5 Å². The van der Waals surface area contributed by atoms with Gasteiger partial charge in [0.05, 0.1) is 17.5 Å². The van der Waals surface area contributed by atoms with Gasteiger partial charge in [0.25, 0.3) is 0 Å². The lowest BCUT2D eigenvalue weighted by Crippen LogP contribution is -2.39. The van der Waals surface area contributed by atoms with Crippen LogP contribution in [0.15, 0.2) is 71.6 Å². The number of fused-ring (bicyclic) bond motifs is 2. The van der Waals surface area contributed by atoms with Crippen LogP contribution >= 0.6 is 0 Å². The number of likely N-dealkylation sites (N-methyl/N-ethyl adjacent to an activating group) is 1. The summed E-state index contributed by atoms with van der Waals surface area (Å²) in [4.78, 5) is 12.7. The Hall–Kier alpha value is -2.70. The Kier molecular flexibility index (Phi) is 4.91. The van der Waals surface area contributed by atoms with Crippen LogP contribution in [0.1, 0.15) is 23.6 Å². The standard InChI is InChI=1S/C22H22N2O3S/c1-24(15-22(25)23-21-13-11-17-7-4-5-9-20(17)21)28(26,27)19-12-10-16-6-2-3-8-18(16)14-19/h2-10,12,14,21H,11,13,15H2,1H3,(H,23,25)/t21-/m1/s1. The first-order chi connectivity index (χ1) is 13.4. The topological polar surface area (TPSA) is 66.5 Å². The highest BCUT2D eigenvalue weighted by Gasteiger charge is 2.27. The molecule has 1 aliphatic carbocycles. The fourth-order valence-corrected chi connectivity index (χ4v) is 4.91. The van der Waals surface area contributed by atoms with Gasteiger partial charge in [-0.3, -0.25) is 4.79 Å². The Morgan fingerprint density at radius 2 is 1.75 bits per heavy atom. The zero-order chi connectivity index (χ0) is 19.7. The van der Waals surface area contributed by atoms with Crippen molar-refractivity contribution < 1.29 is 13.2 Å². The molecule has 0 aliphatic heterocycles. The zero-order valence-electron chi connectivity index (χ0n) is 15.6. The molecule has 0 aromatic heterocycles. The molecule has 5 nitrogen and oxygen atoms in total. The highest BCUT2D eigenvalue weighted by Crippen LogP contribution is 2.30. The number of rotatable bonds is 5. The van der Waals surface area contributed by atoms with Crippen LogP contribution in [0.25, 0.3) is 10.8 Å². The quantitative estimate of drug-likeness (QED) is 0.722. The summed E-state index contributed by atoms with van der Waals surface area (Å²) in [5, 5.41) is 4.80. The van der Waals surface area contributed by atoms with Gasteiger partial charge in [-0.15, -0.1) is 0 Å². The average Bonchev–Trinajstić information content (AvgIpc) is 3.10. The summed E-state index contributed by atoms with van der Waals surface area (Å²) in [7, 11) is -2.31. The van der Waals surface area contributed by atoms with Gasteiger partial charge in [-0.25, -0.2) is 8.42 Å². The average molecular weight is 394 g/mol. The predicted molar refractivity (Wildman–Crippen MR) is 109 cm³/mol. The van der Waals surface area contributed by atoms with Gasteiger partial charge in [-0.1, -0.05) is 54.6 Å². The molecule has 3 aromatic carbocycles. The summed E-state index contributed by atoms with van der Waals surface area (Å²) < 4.78 is 26.9. The zero-order valence-corrected chi connectivity index (χ0v) is 16.4. The molecule has 0 fully saturated rings. The van der Waals surface area contributed by atoms with Gasteiger partial charge in [0.15, 0.2) is 0 Å². The molecule has 0 saturated carbocycles. The highest BCUT2D eigenvalue weighted by atomic mass is 32.2. The molecule has 0 saturated heterocycles. The van der Waals surface area contributed by atoms with Gasteiger partial charge >= 0.3 is 0 Å². The molecule has 28 heavy (non-hydrogen) atoms. The molecule has 0 radical (unpaired) electrons. The second-order valence-electron chi connectivity index (χ2n) is 7.13. The van der Waals surface area contributed by atoms with Crippen LogP contribution in [-0.4, -0.2) is 32.2 Å². The van der Waals surface area contributed by atoms with E-state index in [9.17, 15) is 13.2 Å². The number of amides is 1. The summed E-state index contributed by atoms with van der Waals surface area (Å²) in [6.45, 7) is -0.214. The van der Waals surface area contributed by atoms with Crippen molar-refractivity contribution in [3.05, 3.63) is 77.9 Å². The number of hydrogen-bond acceptors (Lipinski definition) is 3. The van der Waals surface area contributed by atoms with Gasteiger partial charge in [-0.2, -0.15) is 4.31 Å². The molecule has 1 atom stereocenters. The van der Waals surface area contributed by atoms with Gasteiger partial charge in [0.1, 0.15) is 0 Å². The minimum Gasteiger partial charge on any atom is -0.348 e. The maximum Gasteiger partial charge on any atom is 0.243 e. The first-order valence-corrected chi connectivity index (χ1v) is 10.7. The third kappa shape index (κ3) is 3.53. The van der Waals surface area contributed by atoms with Crippen LogP contribution in [0.2, 0.25) is 0 Å². The summed E-state index contributed by atoms with van der Waals surface area (Å²) in [5.74, 6) is -0.298. The molecule has 1 amide bonds. The normalized spacial score (nSPS) is 16.3. The van der Waals surface area contributed by atoms with Crippen molar-refractivity contribution in [3.63, 3.8) is 0 Å². The lowest BCUT2D eigenvalue weighted by molar-refractivity contribution is -0.121. The Morgan fingerprint density at radius 3 is 2.57 bits per heavy atom. The molecule has 1 aliphatic rings. The Balaban J connectivity index is 1.47. The van der Waals surface area contributed by atoms with Gasteiger partial charge < -0.3 is 5.32 Å². The summed E-state index contributed by atoms with van der Waals surface area (Å²) in [5.41, 5.74) is 2.36. The number of carbonyl (C=O) groups is 1. The predicted octanol–water partition coefficient (Wildman–Crippen LogP) is 3.26. The van der Waals surface area contributed by atoms with Crippen molar-refractivity contribution in [2.45, 2.75) is 23.8 Å². The monoisotopic (exact) mass is 394 g/mol. The minimum atomic E-state index is -3.75. The number of benzene rings is 3. The van der Waals surface area contributed by atoms with Gasteiger partial charge in [0.2, 0.25) is 15.9 Å². The first-order valence-electron chi connectivity index (χ1n) is 9.27. The van der Waals surface area contributed by atoms with Crippen LogP contribution in [0, 0.1) is 0 Å². The largest absolute Gasteiger partial charge is 0.348 e. The molecule has 144 valence electrons. The van der Waals surface area contributed by atoms with Crippen LogP contribution < -0.4 is 5.32 Å². The van der Waals surface area contributed by atoms with Crippen molar-refractivity contribution >= 4 is 26.7 Å². The maximum absolute atomic E-state index is 12.9. The van der Waals surface area contributed by atoms with Crippen molar-refractivity contribution in [1.82, 2.24) is 9.62 Å². The number of nitrogens with one attached hydrogen (secondary N) is 1. The molecule has 0 spiro atoms. The van der Waals surface area contributed by atoms with Crippen molar-refractivity contribution in [2.24, 2.45) is 0 Å². The number of sulfonamides is 1. The molecular formula is C22H22N2O3S. The van der Waals surface area contributed by atoms with E-state index < -0.39 is 10.0 Å². The molecule has 0 heterocycles. The molecule has 6 heteroatoms. The van der Waals surface area contributed by atoms with Crippen LogP contribution in [0.3, 0.4) is 0 Å². The number of aryl methyl sites for hydroxylation is 1. The molecule has 1 N–H and O–H groups in total. The fourth-order valence-electron chi connectivity index (χ4n) is 3.74. The Morgan fingerprint density at radius 1 is 1.04 bits per heavy atom. The maximum atomic E-state index is 12.9. The minimum absolute atomic E-state index is 0.0551. The van der Waals surface area contributed by atoms with Crippen molar-refractivity contribution in [3.8, 4) is 0 Å². The van der Waals surface area contributed by atoms with E-state index in [4.69, 9.17) is 0 Å². The van der Waals surface area contributed by atoms with Crippen LogP contribution in [-0.2, 0) is 21.2 Å². The lowest BCUT2D eigenvalue weighted by Gasteiger charge is -2.19. The van der Waals surface area contributed by atoms with E-state index in [0.29, 0.717) is 0 Å². The fraction of sp³-hybridized carbons (Fsp3) is 0.227. The highest BCUT2D eigenvalue weighted by molar-refractivity contribution is 7.89. The van der Waals surface area contributed by atoms with Gasteiger partial charge in [-0.05, 0) is 46.9 Å². The van der Waals surface area contributed by atoms with Crippen molar-refractivity contribution in [2.75, 3.05) is 13.6 Å². The SMILES string of the molecule is CN(CC(=O)N[C@@H]1CCc2ccccc21)S(=O)(=O)c1ccc2ccccc2c1. The molecule has 4 rings (SSSR count). The summed E-state index contributed by atoms with van der Waals surface area (Å²) in [6, 6.07) is 20.6. The van der Waals surface area contributed by atoms with Crippen LogP contribution in [0.4, 0.5) is 0 Å². The van der Waals surface area contributed by atoms with E-state index in [1.54, 1.807) is 18.2 Å². The second kappa shape index (κ2) is 7.37. The Bertz CT molecular complexity index is 1140. The third-order valence-corrected chi connectivity index (χ3v) is 7.06. The van der Waals surface area contributed by atoms with E-state index in [0.717, 1.165) is 33.5 Å². The van der Waals surface area contributed by atoms with E-state index in [-0.39, 0.29) is 23.4 Å². The molecular weight excluding hydrogens is 372 g/mol. The second-order valence-corrected chi connectivity index (χ2v) is 9.17. The smallest absolute Gasteiger partial charge is 0.243 e. The molecule has 0 bridgehead atoms. The summed E-state index contributed by atoms with van der Waals surface area (Å²) >= 11 is 0. The van der Waals surface area contributed by atoms with E-state index >= 15 is 0 Å². The Labute approximate surface area is 165 Å². The lowest BCUT2D eigenvalue weighted by atomic mass is 10.1. The first kappa shape index (κ1) is 18.7. The summed E-state index contributed by atoms with van der Waals surface area (Å²) in [6.07, 6.45) is 1.76. The molecule has 0 unspecified atom stereocenters. The third-order valence-electron chi connectivity index (χ3n) is 5.26. The number of nitrogens with zero attached hydrogens (tertiary/aromatic N) is 1. The number of hydrogen-bond donors (Lipinski definition) is 1. The van der Waals surface area contributed by atoms with Crippen LogP contribution in [0.5, 0.6) is 0 Å². The van der Waals surface area contributed by atoms with E-state index in [1.165, 1.54) is 12.6 Å². The van der Waals surface area contributed by atoms with Crippen molar-refractivity contribution in [1.29, 1.82) is 0 Å². The van der Waals surface area contributed by atoms with Gasteiger partial charge in [0, 0.05) is 7.05 Å². The van der Waals surface area contributed by atoms with E-state index in [2.05, 4.69) is 11.4 Å².